The van der Waals surface area contributed by atoms with Gasteiger partial charge in [-0.2, -0.15) is 0 Å². The van der Waals surface area contributed by atoms with Crippen LogP contribution in [0.15, 0.2) is 0 Å². The maximum Gasteiger partial charge on any atom is 0.310 e. The molecule has 1 unspecified atom stereocenters. The fraction of sp³-hybridized carbons (Fsp3) is 0.833. The molecule has 0 bridgehead atoms. The van der Waals surface area contributed by atoms with E-state index >= 15 is 0 Å². The van der Waals surface area contributed by atoms with Crippen molar-refractivity contribution in [1.82, 2.24) is 10.2 Å². The van der Waals surface area contributed by atoms with E-state index in [-0.39, 0.29) is 23.3 Å². The minimum absolute atomic E-state index is 0.0381. The summed E-state index contributed by atoms with van der Waals surface area (Å²) in [4.78, 5) is 24.6. The molecule has 1 atom stereocenters. The molecule has 2 aliphatic heterocycles. The molecule has 0 aromatic heterocycles. The van der Waals surface area contributed by atoms with E-state index in [1.165, 1.54) is 0 Å². The van der Waals surface area contributed by atoms with Crippen molar-refractivity contribution in [3.8, 4) is 0 Å². The van der Waals surface area contributed by atoms with Crippen LogP contribution in [-0.4, -0.2) is 47.6 Å². The van der Waals surface area contributed by atoms with Crippen LogP contribution < -0.4 is 5.32 Å². The second-order valence-corrected chi connectivity index (χ2v) is 5.76. The predicted octanol–water partition coefficient (Wildman–Crippen LogP) is 0.308. The monoisotopic (exact) mass is 240 g/mol. The van der Waals surface area contributed by atoms with Crippen LogP contribution in [0.1, 0.15) is 26.7 Å². The van der Waals surface area contributed by atoms with Crippen molar-refractivity contribution < 1.29 is 14.7 Å². The number of likely N-dealkylation sites (tertiary alicyclic amines) is 1. The second kappa shape index (κ2) is 4.29. The summed E-state index contributed by atoms with van der Waals surface area (Å²) in [5, 5.41) is 12.1. The predicted molar refractivity (Wildman–Crippen MR) is 62.5 cm³/mol. The largest absolute Gasteiger partial charge is 0.481 e. The highest BCUT2D eigenvalue weighted by Crippen LogP contribution is 2.32. The number of nitrogens with one attached hydrogen (secondary N) is 1. The Kier molecular flexibility index (Phi) is 3.12. The molecule has 2 saturated heterocycles. The number of piperidine rings is 1. The molecule has 2 aliphatic rings. The van der Waals surface area contributed by atoms with Crippen LogP contribution in [0.2, 0.25) is 0 Å². The van der Waals surface area contributed by atoms with E-state index in [0.29, 0.717) is 13.1 Å². The summed E-state index contributed by atoms with van der Waals surface area (Å²) < 4.78 is 0. The maximum atomic E-state index is 12.2. The van der Waals surface area contributed by atoms with E-state index in [2.05, 4.69) is 19.2 Å². The molecule has 5 heteroatoms. The van der Waals surface area contributed by atoms with Gasteiger partial charge in [-0.3, -0.25) is 9.59 Å². The molecular weight excluding hydrogens is 220 g/mol. The minimum atomic E-state index is -0.801. The van der Waals surface area contributed by atoms with E-state index in [4.69, 9.17) is 5.11 Å². The number of carboxylic acids is 1. The highest BCUT2D eigenvalue weighted by molar-refractivity contribution is 5.85. The summed E-state index contributed by atoms with van der Waals surface area (Å²) in [6.07, 6.45) is 2.13. The van der Waals surface area contributed by atoms with Gasteiger partial charge >= 0.3 is 5.97 Å². The van der Waals surface area contributed by atoms with Gasteiger partial charge in [-0.15, -0.1) is 0 Å². The van der Waals surface area contributed by atoms with Crippen LogP contribution in [0.4, 0.5) is 0 Å². The molecule has 17 heavy (non-hydrogen) atoms. The summed E-state index contributed by atoms with van der Waals surface area (Å²) in [6.45, 7) is 5.78. The van der Waals surface area contributed by atoms with Gasteiger partial charge < -0.3 is 15.3 Å². The van der Waals surface area contributed by atoms with E-state index in [0.717, 1.165) is 19.4 Å². The van der Waals surface area contributed by atoms with Gasteiger partial charge in [0, 0.05) is 13.1 Å². The summed E-state index contributed by atoms with van der Waals surface area (Å²) in [5.41, 5.74) is -0.0381. The number of hydrogen-bond donors (Lipinski definition) is 2. The molecule has 0 aromatic carbocycles. The van der Waals surface area contributed by atoms with E-state index in [1.54, 1.807) is 4.90 Å². The Morgan fingerprint density at radius 2 is 2.00 bits per heavy atom. The summed E-state index contributed by atoms with van der Waals surface area (Å²) in [7, 11) is 0. The van der Waals surface area contributed by atoms with Gasteiger partial charge in [0.25, 0.3) is 0 Å². The molecule has 5 nitrogen and oxygen atoms in total. The Balaban J connectivity index is 1.94. The van der Waals surface area contributed by atoms with Crippen molar-refractivity contribution in [3.05, 3.63) is 0 Å². The van der Waals surface area contributed by atoms with Crippen molar-refractivity contribution in [2.24, 2.45) is 11.3 Å². The molecule has 2 fully saturated rings. The molecule has 0 aliphatic carbocycles. The summed E-state index contributed by atoms with van der Waals surface area (Å²) >= 11 is 0. The SMILES string of the molecule is CC1(C)CCCNC1C(=O)N1CC(C(=O)O)C1. The third-order valence-electron chi connectivity index (χ3n) is 3.92. The fourth-order valence-electron chi connectivity index (χ4n) is 2.63. The first-order valence-electron chi connectivity index (χ1n) is 6.17. The first-order chi connectivity index (χ1) is 7.92. The second-order valence-electron chi connectivity index (χ2n) is 5.76. The molecule has 0 spiro atoms. The van der Waals surface area contributed by atoms with Crippen molar-refractivity contribution in [2.75, 3.05) is 19.6 Å². The van der Waals surface area contributed by atoms with Crippen LogP contribution in [0.5, 0.6) is 0 Å². The number of hydrogen-bond acceptors (Lipinski definition) is 3. The van der Waals surface area contributed by atoms with Crippen molar-refractivity contribution in [2.45, 2.75) is 32.7 Å². The first kappa shape index (κ1) is 12.4. The number of carbonyl (C=O) groups is 2. The maximum absolute atomic E-state index is 12.2. The number of carboxylic acid groups (broad SMARTS) is 1. The smallest absolute Gasteiger partial charge is 0.310 e. The molecule has 0 aromatic rings. The molecule has 2 N–H and O–H groups in total. The Morgan fingerprint density at radius 3 is 2.53 bits per heavy atom. The quantitative estimate of drug-likeness (QED) is 0.728. The van der Waals surface area contributed by atoms with Crippen LogP contribution in [-0.2, 0) is 9.59 Å². The molecule has 1 amide bonds. The third-order valence-corrected chi connectivity index (χ3v) is 3.92. The number of amides is 1. The van der Waals surface area contributed by atoms with Crippen LogP contribution in [0, 0.1) is 11.3 Å². The van der Waals surface area contributed by atoms with Gasteiger partial charge in [0.15, 0.2) is 0 Å². The fourth-order valence-corrected chi connectivity index (χ4v) is 2.63. The lowest BCUT2D eigenvalue weighted by Crippen LogP contribution is -2.62. The molecule has 2 rings (SSSR count). The van der Waals surface area contributed by atoms with E-state index in [9.17, 15) is 9.59 Å². The topological polar surface area (TPSA) is 69.6 Å². The standard InChI is InChI=1S/C12H20N2O3/c1-12(2)4-3-5-13-9(12)10(15)14-6-8(7-14)11(16)17/h8-9,13H,3-7H2,1-2H3,(H,16,17). The zero-order chi connectivity index (χ0) is 12.6. The Labute approximate surface area is 101 Å². The Morgan fingerprint density at radius 1 is 1.35 bits per heavy atom. The van der Waals surface area contributed by atoms with Crippen molar-refractivity contribution in [1.29, 1.82) is 0 Å². The lowest BCUT2D eigenvalue weighted by molar-refractivity contribution is -0.155. The van der Waals surface area contributed by atoms with E-state index in [1.807, 2.05) is 0 Å². The van der Waals surface area contributed by atoms with Gasteiger partial charge in [0.1, 0.15) is 0 Å². The lowest BCUT2D eigenvalue weighted by atomic mass is 9.76. The van der Waals surface area contributed by atoms with Crippen LogP contribution in [0.25, 0.3) is 0 Å². The minimum Gasteiger partial charge on any atom is -0.481 e. The number of nitrogens with zero attached hydrogens (tertiary/aromatic N) is 1. The third kappa shape index (κ3) is 2.29. The molecule has 2 heterocycles. The van der Waals surface area contributed by atoms with Crippen LogP contribution in [0.3, 0.4) is 0 Å². The van der Waals surface area contributed by atoms with Crippen molar-refractivity contribution >= 4 is 11.9 Å². The van der Waals surface area contributed by atoms with Crippen LogP contribution >= 0.6 is 0 Å². The molecule has 96 valence electrons. The van der Waals surface area contributed by atoms with Gasteiger partial charge in [0.05, 0.1) is 12.0 Å². The van der Waals surface area contributed by atoms with Gasteiger partial charge in [-0.05, 0) is 24.8 Å². The molecule has 0 radical (unpaired) electrons. The van der Waals surface area contributed by atoms with Gasteiger partial charge in [-0.25, -0.2) is 0 Å². The Hall–Kier alpha value is -1.10. The summed E-state index contributed by atoms with van der Waals surface area (Å²) in [5.74, 6) is -1.11. The average molecular weight is 240 g/mol. The first-order valence-corrected chi connectivity index (χ1v) is 6.17. The van der Waals surface area contributed by atoms with Crippen molar-refractivity contribution in [3.63, 3.8) is 0 Å². The Bertz CT molecular complexity index is 335. The molecule has 0 saturated carbocycles. The highest BCUT2D eigenvalue weighted by atomic mass is 16.4. The lowest BCUT2D eigenvalue weighted by Gasteiger charge is -2.45. The summed E-state index contributed by atoms with van der Waals surface area (Å²) in [6, 6.07) is -0.161. The number of rotatable bonds is 2. The zero-order valence-corrected chi connectivity index (χ0v) is 10.4. The zero-order valence-electron chi connectivity index (χ0n) is 10.4. The van der Waals surface area contributed by atoms with Gasteiger partial charge in [-0.1, -0.05) is 13.8 Å². The average Bonchev–Trinajstić information content (AvgIpc) is 2.13. The number of aliphatic carboxylic acids is 1. The van der Waals surface area contributed by atoms with Gasteiger partial charge in [0.2, 0.25) is 5.91 Å². The van der Waals surface area contributed by atoms with E-state index < -0.39 is 5.97 Å². The molecular formula is C12H20N2O3. The highest BCUT2D eigenvalue weighted by Gasteiger charge is 2.44. The number of carbonyl (C=O) groups excluding carboxylic acids is 1. The normalized spacial score (nSPS) is 28.6.